The van der Waals surface area contributed by atoms with Crippen molar-refractivity contribution in [3.8, 4) is 0 Å². The smallest absolute Gasteiger partial charge is 0.116 e. The van der Waals surface area contributed by atoms with Gasteiger partial charge in [0.15, 0.2) is 0 Å². The average Bonchev–Trinajstić information content (AvgIpc) is 2.71. The topological polar surface area (TPSA) is 25.8 Å². The Morgan fingerprint density at radius 1 is 1.50 bits per heavy atom. The van der Waals surface area contributed by atoms with Crippen LogP contribution in [0.15, 0.2) is 17.1 Å². The van der Waals surface area contributed by atoms with Crippen LogP contribution in [0, 0.1) is 0 Å². The van der Waals surface area contributed by atoms with E-state index in [-0.39, 0.29) is 0 Å². The molecule has 52 valence electrons. The van der Waals surface area contributed by atoms with E-state index in [0.29, 0.717) is 0 Å². The van der Waals surface area contributed by atoms with Crippen LogP contribution in [0.3, 0.4) is 0 Å². The van der Waals surface area contributed by atoms with Crippen LogP contribution in [0.25, 0.3) is 0 Å². The lowest BCUT2D eigenvalue weighted by atomic mass is 10.2. The maximum absolute atomic E-state index is 4.05. The van der Waals surface area contributed by atoms with Gasteiger partial charge in [-0.05, 0) is 34.7 Å². The third-order valence-corrected chi connectivity index (χ3v) is 2.37. The lowest BCUT2D eigenvalue weighted by molar-refractivity contribution is 1.01. The molecular formula is C7H7BrN2. The van der Waals surface area contributed by atoms with Crippen LogP contribution in [0.2, 0.25) is 0 Å². The Morgan fingerprint density at radius 2 is 2.30 bits per heavy atom. The number of halogens is 1. The fourth-order valence-electron chi connectivity index (χ4n) is 0.994. The van der Waals surface area contributed by atoms with E-state index in [9.17, 15) is 0 Å². The summed E-state index contributed by atoms with van der Waals surface area (Å²) >= 11 is 3.39. The highest BCUT2D eigenvalue weighted by Gasteiger charge is 2.25. The van der Waals surface area contributed by atoms with Gasteiger partial charge in [-0.15, -0.1) is 0 Å². The second kappa shape index (κ2) is 2.31. The van der Waals surface area contributed by atoms with Crippen molar-refractivity contribution in [2.24, 2.45) is 0 Å². The van der Waals surface area contributed by atoms with Crippen molar-refractivity contribution in [2.45, 2.75) is 18.8 Å². The van der Waals surface area contributed by atoms with Crippen molar-refractivity contribution in [1.29, 1.82) is 0 Å². The Morgan fingerprint density at radius 3 is 2.90 bits per heavy atom. The maximum atomic E-state index is 4.05. The molecule has 2 rings (SSSR count). The minimum absolute atomic E-state index is 0.732. The molecule has 0 aliphatic heterocycles. The lowest BCUT2D eigenvalue weighted by Crippen LogP contribution is -1.86. The zero-order valence-electron chi connectivity index (χ0n) is 5.42. The molecule has 2 nitrogen and oxygen atoms in total. The van der Waals surface area contributed by atoms with Crippen LogP contribution in [0.1, 0.15) is 24.3 Å². The predicted octanol–water partition coefficient (Wildman–Crippen LogP) is 2.12. The molecule has 3 heteroatoms. The molecule has 1 heterocycles. The molecule has 0 N–H and O–H groups in total. The van der Waals surface area contributed by atoms with Gasteiger partial charge in [0.05, 0.1) is 0 Å². The fraction of sp³-hybridized carbons (Fsp3) is 0.429. The minimum atomic E-state index is 0.732. The number of hydrogen-bond donors (Lipinski definition) is 0. The van der Waals surface area contributed by atoms with Gasteiger partial charge in [-0.25, -0.2) is 9.97 Å². The summed E-state index contributed by atoms with van der Waals surface area (Å²) in [5.41, 5.74) is 1.27. The van der Waals surface area contributed by atoms with Gasteiger partial charge in [0.2, 0.25) is 0 Å². The third-order valence-electron chi connectivity index (χ3n) is 1.71. The molecule has 10 heavy (non-hydrogen) atoms. The Balaban J connectivity index is 2.39. The van der Waals surface area contributed by atoms with Gasteiger partial charge in [-0.2, -0.15) is 0 Å². The monoisotopic (exact) mass is 198 g/mol. The number of hydrogen-bond acceptors (Lipinski definition) is 2. The van der Waals surface area contributed by atoms with E-state index in [2.05, 4.69) is 25.9 Å². The summed E-state index contributed by atoms with van der Waals surface area (Å²) in [7, 11) is 0. The highest BCUT2D eigenvalue weighted by molar-refractivity contribution is 9.10. The van der Waals surface area contributed by atoms with E-state index in [1.54, 1.807) is 6.33 Å². The summed E-state index contributed by atoms with van der Waals surface area (Å²) in [5.74, 6) is 0.732. The van der Waals surface area contributed by atoms with Gasteiger partial charge in [-0.3, -0.25) is 0 Å². The standard InChI is InChI=1S/C7H7BrN2/c8-7-6(5-1-2-5)3-9-4-10-7/h3-5H,1-2H2. The summed E-state index contributed by atoms with van der Waals surface area (Å²) in [6.45, 7) is 0. The molecule has 1 aliphatic rings. The summed E-state index contributed by atoms with van der Waals surface area (Å²) in [6.07, 6.45) is 6.06. The third kappa shape index (κ3) is 1.06. The minimum Gasteiger partial charge on any atom is -0.244 e. The Bertz CT molecular complexity index is 245. The second-order valence-electron chi connectivity index (χ2n) is 2.54. The van der Waals surface area contributed by atoms with Crippen molar-refractivity contribution in [3.05, 3.63) is 22.7 Å². The van der Waals surface area contributed by atoms with Gasteiger partial charge in [0.25, 0.3) is 0 Å². The highest BCUT2D eigenvalue weighted by Crippen LogP contribution is 2.41. The van der Waals surface area contributed by atoms with E-state index in [1.165, 1.54) is 18.4 Å². The van der Waals surface area contributed by atoms with Crippen LogP contribution < -0.4 is 0 Å². The number of rotatable bonds is 1. The zero-order chi connectivity index (χ0) is 6.97. The Labute approximate surface area is 67.8 Å². The first-order valence-electron chi connectivity index (χ1n) is 3.33. The molecule has 0 aromatic carbocycles. The maximum Gasteiger partial charge on any atom is 0.116 e. The molecule has 0 bridgehead atoms. The van der Waals surface area contributed by atoms with E-state index in [4.69, 9.17) is 0 Å². The van der Waals surface area contributed by atoms with E-state index < -0.39 is 0 Å². The summed E-state index contributed by atoms with van der Waals surface area (Å²) in [5, 5.41) is 0. The van der Waals surface area contributed by atoms with Gasteiger partial charge < -0.3 is 0 Å². The van der Waals surface area contributed by atoms with Crippen molar-refractivity contribution in [2.75, 3.05) is 0 Å². The first kappa shape index (κ1) is 6.28. The quantitative estimate of drug-likeness (QED) is 0.647. The lowest BCUT2D eigenvalue weighted by Gasteiger charge is -1.96. The predicted molar refractivity (Wildman–Crippen MR) is 41.7 cm³/mol. The van der Waals surface area contributed by atoms with E-state index >= 15 is 0 Å². The van der Waals surface area contributed by atoms with Gasteiger partial charge in [-0.1, -0.05) is 0 Å². The normalized spacial score (nSPS) is 17.3. The molecule has 0 spiro atoms. The van der Waals surface area contributed by atoms with E-state index in [0.717, 1.165) is 10.5 Å². The van der Waals surface area contributed by atoms with Gasteiger partial charge >= 0.3 is 0 Å². The van der Waals surface area contributed by atoms with Gasteiger partial charge in [0, 0.05) is 11.8 Å². The van der Waals surface area contributed by atoms with Crippen LogP contribution in [-0.2, 0) is 0 Å². The Hall–Kier alpha value is -0.440. The largest absolute Gasteiger partial charge is 0.244 e. The van der Waals surface area contributed by atoms with Crippen molar-refractivity contribution in [3.63, 3.8) is 0 Å². The van der Waals surface area contributed by atoms with Crippen molar-refractivity contribution in [1.82, 2.24) is 9.97 Å². The fourth-order valence-corrected chi connectivity index (χ4v) is 1.51. The molecule has 1 aromatic heterocycles. The molecule has 0 atom stereocenters. The average molecular weight is 199 g/mol. The van der Waals surface area contributed by atoms with Crippen molar-refractivity contribution < 1.29 is 0 Å². The zero-order valence-corrected chi connectivity index (χ0v) is 7.00. The highest BCUT2D eigenvalue weighted by atomic mass is 79.9. The summed E-state index contributed by atoms with van der Waals surface area (Å²) in [6, 6.07) is 0. The first-order chi connectivity index (χ1) is 4.88. The molecule has 0 radical (unpaired) electrons. The van der Waals surface area contributed by atoms with Crippen molar-refractivity contribution >= 4 is 15.9 Å². The summed E-state index contributed by atoms with van der Waals surface area (Å²) < 4.78 is 0.963. The van der Waals surface area contributed by atoms with Crippen LogP contribution in [0.4, 0.5) is 0 Å². The van der Waals surface area contributed by atoms with Crippen LogP contribution in [-0.4, -0.2) is 9.97 Å². The second-order valence-corrected chi connectivity index (χ2v) is 3.29. The van der Waals surface area contributed by atoms with Crippen LogP contribution in [0.5, 0.6) is 0 Å². The van der Waals surface area contributed by atoms with E-state index in [1.807, 2.05) is 6.20 Å². The Kier molecular flexibility index (Phi) is 1.45. The molecular weight excluding hydrogens is 192 g/mol. The summed E-state index contributed by atoms with van der Waals surface area (Å²) in [4.78, 5) is 8.01. The molecule has 0 saturated heterocycles. The molecule has 1 fully saturated rings. The molecule has 0 unspecified atom stereocenters. The molecule has 0 amide bonds. The number of nitrogens with zero attached hydrogens (tertiary/aromatic N) is 2. The molecule has 1 aromatic rings. The van der Waals surface area contributed by atoms with Gasteiger partial charge in [0.1, 0.15) is 10.9 Å². The first-order valence-corrected chi connectivity index (χ1v) is 4.12. The van der Waals surface area contributed by atoms with Crippen LogP contribution >= 0.6 is 15.9 Å². The SMILES string of the molecule is Brc1ncncc1C1CC1. The molecule has 1 aliphatic carbocycles. The molecule has 1 saturated carbocycles. The number of aromatic nitrogens is 2.